The van der Waals surface area contributed by atoms with Gasteiger partial charge in [-0.3, -0.25) is 4.79 Å². The van der Waals surface area contributed by atoms with Gasteiger partial charge in [0.15, 0.2) is 11.0 Å². The number of carbonyl (C=O) groups is 1. The van der Waals surface area contributed by atoms with Gasteiger partial charge in [-0.15, -0.1) is 10.2 Å². The van der Waals surface area contributed by atoms with Crippen LogP contribution in [0, 0.1) is 0 Å². The first-order valence-corrected chi connectivity index (χ1v) is 10.5. The Hall–Kier alpha value is -2.80. The van der Waals surface area contributed by atoms with E-state index >= 15 is 0 Å². The normalized spacial score (nSPS) is 14.4. The molecule has 7 heteroatoms. The van der Waals surface area contributed by atoms with Crippen LogP contribution in [0.15, 0.2) is 53.7 Å². The van der Waals surface area contributed by atoms with E-state index in [2.05, 4.69) is 28.4 Å². The van der Waals surface area contributed by atoms with Crippen LogP contribution in [-0.2, 0) is 24.8 Å². The maximum absolute atomic E-state index is 13.0. The molecule has 29 heavy (non-hydrogen) atoms. The zero-order valence-corrected chi connectivity index (χ0v) is 17.6. The van der Waals surface area contributed by atoms with E-state index in [-0.39, 0.29) is 11.2 Å². The summed E-state index contributed by atoms with van der Waals surface area (Å²) in [6.45, 7) is 3.36. The number of fused-ring (bicyclic) bond motifs is 1. The van der Waals surface area contributed by atoms with E-state index in [0.29, 0.717) is 11.7 Å². The lowest BCUT2D eigenvalue weighted by molar-refractivity contribution is -0.131. The summed E-state index contributed by atoms with van der Waals surface area (Å²) in [5.41, 5.74) is 3.46. The maximum atomic E-state index is 13.0. The number of amides is 1. The van der Waals surface area contributed by atoms with Crippen LogP contribution in [0.2, 0.25) is 0 Å². The molecule has 0 N–H and O–H groups in total. The lowest BCUT2D eigenvalue weighted by atomic mass is 10.00. The first kappa shape index (κ1) is 19.5. The number of carbonyl (C=O) groups excluding carboxylic acids is 1. The van der Waals surface area contributed by atoms with Gasteiger partial charge >= 0.3 is 0 Å². The third-order valence-corrected chi connectivity index (χ3v) is 6.38. The lowest BCUT2D eigenvalue weighted by Gasteiger charge is -2.30. The summed E-state index contributed by atoms with van der Waals surface area (Å²) < 4.78 is 7.36. The first-order chi connectivity index (χ1) is 14.1. The summed E-state index contributed by atoms with van der Waals surface area (Å²) in [4.78, 5) is 15.0. The average Bonchev–Trinajstić information content (AvgIpc) is 3.12. The van der Waals surface area contributed by atoms with Crippen LogP contribution >= 0.6 is 11.8 Å². The standard InChI is InChI=1S/C22H24N4O2S/c1-15(21(27)26-13-12-16-8-4-5-9-17(16)14-26)29-22-24-23-20(25(22)2)18-10-6-7-11-19(18)28-3/h4-11,15H,12-14H2,1-3H3. The highest BCUT2D eigenvalue weighted by molar-refractivity contribution is 8.00. The van der Waals surface area contributed by atoms with Crippen LogP contribution in [0.25, 0.3) is 11.4 Å². The molecule has 2 heterocycles. The fourth-order valence-electron chi connectivity index (χ4n) is 3.63. The van der Waals surface area contributed by atoms with Crippen LogP contribution in [0.4, 0.5) is 0 Å². The van der Waals surface area contributed by atoms with Crippen molar-refractivity contribution in [2.45, 2.75) is 30.3 Å². The van der Waals surface area contributed by atoms with Crippen LogP contribution in [0.3, 0.4) is 0 Å². The minimum absolute atomic E-state index is 0.131. The van der Waals surface area contributed by atoms with Gasteiger partial charge in [0.2, 0.25) is 5.91 Å². The summed E-state index contributed by atoms with van der Waals surface area (Å²) in [5.74, 6) is 1.60. The van der Waals surface area contributed by atoms with E-state index < -0.39 is 0 Å². The van der Waals surface area contributed by atoms with Gasteiger partial charge in [-0.1, -0.05) is 48.2 Å². The Balaban J connectivity index is 1.49. The third kappa shape index (κ3) is 3.87. The Morgan fingerprint density at radius 1 is 1.10 bits per heavy atom. The minimum atomic E-state index is -0.242. The third-order valence-electron chi connectivity index (χ3n) is 5.26. The highest BCUT2D eigenvalue weighted by atomic mass is 32.2. The number of rotatable bonds is 5. The first-order valence-electron chi connectivity index (χ1n) is 9.63. The zero-order chi connectivity index (χ0) is 20.4. The highest BCUT2D eigenvalue weighted by Gasteiger charge is 2.27. The van der Waals surface area contributed by atoms with Gasteiger partial charge in [-0.2, -0.15) is 0 Å². The number of benzene rings is 2. The van der Waals surface area contributed by atoms with Crippen molar-refractivity contribution in [2.75, 3.05) is 13.7 Å². The quantitative estimate of drug-likeness (QED) is 0.604. The molecule has 2 aromatic carbocycles. The van der Waals surface area contributed by atoms with E-state index in [1.807, 2.05) is 53.8 Å². The lowest BCUT2D eigenvalue weighted by Crippen LogP contribution is -2.40. The molecule has 1 aliphatic heterocycles. The van der Waals surface area contributed by atoms with Crippen molar-refractivity contribution < 1.29 is 9.53 Å². The highest BCUT2D eigenvalue weighted by Crippen LogP contribution is 2.32. The maximum Gasteiger partial charge on any atom is 0.236 e. The molecular weight excluding hydrogens is 384 g/mol. The number of thioether (sulfide) groups is 1. The van der Waals surface area contributed by atoms with Gasteiger partial charge in [-0.25, -0.2) is 0 Å². The average molecular weight is 409 g/mol. The van der Waals surface area contributed by atoms with E-state index in [9.17, 15) is 4.79 Å². The Morgan fingerprint density at radius 3 is 2.62 bits per heavy atom. The largest absolute Gasteiger partial charge is 0.496 e. The number of nitrogens with zero attached hydrogens (tertiary/aromatic N) is 4. The molecule has 4 rings (SSSR count). The molecule has 1 aromatic heterocycles. The van der Waals surface area contributed by atoms with Crippen molar-refractivity contribution in [3.05, 3.63) is 59.7 Å². The summed E-state index contributed by atoms with van der Waals surface area (Å²) in [5, 5.41) is 9.13. The SMILES string of the molecule is COc1ccccc1-c1nnc(SC(C)C(=O)N2CCc3ccccc3C2)n1C. The van der Waals surface area contributed by atoms with Crippen molar-refractivity contribution >= 4 is 17.7 Å². The van der Waals surface area contributed by atoms with E-state index in [1.54, 1.807) is 7.11 Å². The topological polar surface area (TPSA) is 60.3 Å². The van der Waals surface area contributed by atoms with Crippen LogP contribution < -0.4 is 4.74 Å². The molecule has 0 aliphatic carbocycles. The molecule has 3 aromatic rings. The number of aromatic nitrogens is 3. The fourth-order valence-corrected chi connectivity index (χ4v) is 4.53. The fraction of sp³-hybridized carbons (Fsp3) is 0.318. The van der Waals surface area contributed by atoms with E-state index in [1.165, 1.54) is 22.9 Å². The van der Waals surface area contributed by atoms with Crippen molar-refractivity contribution in [2.24, 2.45) is 7.05 Å². The molecule has 6 nitrogen and oxygen atoms in total. The zero-order valence-electron chi connectivity index (χ0n) is 16.8. The minimum Gasteiger partial charge on any atom is -0.496 e. The second-order valence-electron chi connectivity index (χ2n) is 7.10. The monoisotopic (exact) mass is 408 g/mol. The molecule has 0 radical (unpaired) electrons. The van der Waals surface area contributed by atoms with Crippen LogP contribution in [-0.4, -0.2) is 44.5 Å². The molecule has 1 atom stereocenters. The predicted molar refractivity (Wildman–Crippen MR) is 114 cm³/mol. The van der Waals surface area contributed by atoms with Gasteiger partial charge in [0.25, 0.3) is 0 Å². The number of hydrogen-bond acceptors (Lipinski definition) is 5. The Labute approximate surface area is 174 Å². The van der Waals surface area contributed by atoms with Crippen molar-refractivity contribution in [1.82, 2.24) is 19.7 Å². The van der Waals surface area contributed by atoms with E-state index in [4.69, 9.17) is 4.74 Å². The van der Waals surface area contributed by atoms with Gasteiger partial charge in [-0.05, 0) is 36.6 Å². The predicted octanol–water partition coefficient (Wildman–Crippen LogP) is 3.56. The van der Waals surface area contributed by atoms with Crippen molar-refractivity contribution in [3.63, 3.8) is 0 Å². The number of ether oxygens (including phenoxy) is 1. The second-order valence-corrected chi connectivity index (χ2v) is 8.41. The van der Waals surface area contributed by atoms with E-state index in [0.717, 1.165) is 30.1 Å². The molecule has 150 valence electrons. The summed E-state index contributed by atoms with van der Waals surface area (Å²) >= 11 is 1.44. The molecule has 1 unspecified atom stereocenters. The summed E-state index contributed by atoms with van der Waals surface area (Å²) in [7, 11) is 3.56. The van der Waals surface area contributed by atoms with Gasteiger partial charge in [0.05, 0.1) is 17.9 Å². The molecule has 0 spiro atoms. The van der Waals surface area contributed by atoms with Gasteiger partial charge in [0, 0.05) is 20.1 Å². The molecule has 0 fully saturated rings. The number of methoxy groups -OCH3 is 1. The smallest absolute Gasteiger partial charge is 0.236 e. The molecule has 0 saturated carbocycles. The van der Waals surface area contributed by atoms with Crippen LogP contribution in [0.1, 0.15) is 18.1 Å². The summed E-state index contributed by atoms with van der Waals surface area (Å²) in [6, 6.07) is 16.1. The Morgan fingerprint density at radius 2 is 1.83 bits per heavy atom. The molecule has 1 aliphatic rings. The Kier molecular flexibility index (Phi) is 5.58. The Bertz CT molecular complexity index is 1030. The van der Waals surface area contributed by atoms with Crippen molar-refractivity contribution in [3.8, 4) is 17.1 Å². The molecular formula is C22H24N4O2S. The van der Waals surface area contributed by atoms with Gasteiger partial charge < -0.3 is 14.2 Å². The summed E-state index contributed by atoms with van der Waals surface area (Å²) in [6.07, 6.45) is 0.904. The van der Waals surface area contributed by atoms with Gasteiger partial charge in [0.1, 0.15) is 5.75 Å². The van der Waals surface area contributed by atoms with Crippen LogP contribution in [0.5, 0.6) is 5.75 Å². The number of hydrogen-bond donors (Lipinski definition) is 0. The second kappa shape index (κ2) is 8.29. The molecule has 0 bridgehead atoms. The number of para-hydroxylation sites is 1. The molecule has 0 saturated heterocycles. The van der Waals surface area contributed by atoms with Crippen molar-refractivity contribution in [1.29, 1.82) is 0 Å². The molecule has 1 amide bonds.